The molecular weight excluding hydrogens is 249 g/mol. The summed E-state index contributed by atoms with van der Waals surface area (Å²) in [6, 6.07) is 4.85. The second kappa shape index (κ2) is 5.58. The van der Waals surface area contributed by atoms with Gasteiger partial charge in [0.25, 0.3) is 0 Å². The van der Waals surface area contributed by atoms with Gasteiger partial charge in [0.05, 0.1) is 0 Å². The Kier molecular flexibility index (Phi) is 4.29. The van der Waals surface area contributed by atoms with E-state index >= 15 is 0 Å². The molecule has 3 heteroatoms. The Morgan fingerprint density at radius 2 is 2.17 bits per heavy atom. The van der Waals surface area contributed by atoms with Crippen molar-refractivity contribution in [1.82, 2.24) is 5.32 Å². The molecular formula is C15H21ClFN. The minimum absolute atomic E-state index is 0.130. The van der Waals surface area contributed by atoms with Crippen LogP contribution in [0, 0.1) is 11.7 Å². The maximum Gasteiger partial charge on any atom is 0.124 e. The lowest BCUT2D eigenvalue weighted by molar-refractivity contribution is 0.301. The molecule has 0 spiro atoms. The van der Waals surface area contributed by atoms with Crippen molar-refractivity contribution in [3.05, 3.63) is 34.6 Å². The van der Waals surface area contributed by atoms with Gasteiger partial charge in [-0.2, -0.15) is 0 Å². The van der Waals surface area contributed by atoms with Gasteiger partial charge >= 0.3 is 0 Å². The molecule has 18 heavy (non-hydrogen) atoms. The summed E-state index contributed by atoms with van der Waals surface area (Å²) in [5.74, 6) is 0.398. The zero-order valence-electron chi connectivity index (χ0n) is 11.1. The quantitative estimate of drug-likeness (QED) is 0.864. The first-order valence-corrected chi connectivity index (χ1v) is 7.07. The van der Waals surface area contributed by atoms with Crippen LogP contribution >= 0.6 is 11.6 Å². The van der Waals surface area contributed by atoms with Crippen LogP contribution in [0.2, 0.25) is 5.02 Å². The van der Waals surface area contributed by atoms with E-state index in [9.17, 15) is 4.39 Å². The van der Waals surface area contributed by atoms with Crippen molar-refractivity contribution >= 4 is 11.6 Å². The van der Waals surface area contributed by atoms with E-state index in [4.69, 9.17) is 11.6 Å². The van der Waals surface area contributed by atoms with E-state index in [0.29, 0.717) is 10.9 Å². The highest BCUT2D eigenvalue weighted by molar-refractivity contribution is 6.30. The van der Waals surface area contributed by atoms with Gasteiger partial charge in [-0.05, 0) is 61.9 Å². The van der Waals surface area contributed by atoms with Gasteiger partial charge in [0, 0.05) is 10.6 Å². The molecule has 1 aromatic rings. The Morgan fingerprint density at radius 3 is 2.72 bits per heavy atom. The van der Waals surface area contributed by atoms with Crippen molar-refractivity contribution in [1.29, 1.82) is 0 Å². The predicted octanol–water partition coefficient (Wildman–Crippen LogP) is 4.19. The van der Waals surface area contributed by atoms with Crippen LogP contribution in [0.1, 0.15) is 38.7 Å². The molecule has 2 rings (SSSR count). The van der Waals surface area contributed by atoms with Gasteiger partial charge in [-0.3, -0.25) is 0 Å². The maximum absolute atomic E-state index is 13.4. The summed E-state index contributed by atoms with van der Waals surface area (Å²) in [6.45, 7) is 5.54. The van der Waals surface area contributed by atoms with E-state index in [0.717, 1.165) is 24.9 Å². The molecule has 1 saturated heterocycles. The standard InChI is InChI=1S/C15H21ClFN/c1-11(2)9-15(4-3-5-18-15)10-12-6-13(16)8-14(17)7-12/h6-8,11,18H,3-5,9-10H2,1-2H3. The molecule has 0 amide bonds. The molecule has 1 N–H and O–H groups in total. The van der Waals surface area contributed by atoms with Crippen LogP contribution in [0.4, 0.5) is 4.39 Å². The first-order valence-electron chi connectivity index (χ1n) is 6.69. The Labute approximate surface area is 114 Å². The second-order valence-corrected chi connectivity index (χ2v) is 6.30. The molecule has 100 valence electrons. The predicted molar refractivity (Wildman–Crippen MR) is 74.5 cm³/mol. The SMILES string of the molecule is CC(C)CC1(Cc2cc(F)cc(Cl)c2)CCCN1. The van der Waals surface area contributed by atoms with Crippen molar-refractivity contribution in [2.24, 2.45) is 5.92 Å². The summed E-state index contributed by atoms with van der Waals surface area (Å²) in [7, 11) is 0. The summed E-state index contributed by atoms with van der Waals surface area (Å²) in [5.41, 5.74) is 1.13. The Balaban J connectivity index is 2.18. The molecule has 1 heterocycles. The summed E-state index contributed by atoms with van der Waals surface area (Å²) in [5, 5.41) is 4.11. The molecule has 0 aliphatic carbocycles. The van der Waals surface area contributed by atoms with Crippen LogP contribution in [0.5, 0.6) is 0 Å². The second-order valence-electron chi connectivity index (χ2n) is 5.86. The lowest BCUT2D eigenvalue weighted by atomic mass is 9.82. The number of hydrogen-bond acceptors (Lipinski definition) is 1. The Morgan fingerprint density at radius 1 is 1.39 bits per heavy atom. The zero-order valence-corrected chi connectivity index (χ0v) is 11.9. The fourth-order valence-electron chi connectivity index (χ4n) is 3.15. The maximum atomic E-state index is 13.4. The number of hydrogen-bond donors (Lipinski definition) is 1. The summed E-state index contributed by atoms with van der Waals surface area (Å²) < 4.78 is 13.4. The Hall–Kier alpha value is -0.600. The lowest BCUT2D eigenvalue weighted by Crippen LogP contribution is -2.43. The molecule has 1 aliphatic heterocycles. The van der Waals surface area contributed by atoms with Gasteiger partial charge in [-0.15, -0.1) is 0 Å². The average molecular weight is 270 g/mol. The highest BCUT2D eigenvalue weighted by atomic mass is 35.5. The van der Waals surface area contributed by atoms with Crippen LogP contribution in [0.25, 0.3) is 0 Å². The van der Waals surface area contributed by atoms with E-state index in [1.54, 1.807) is 6.07 Å². The van der Waals surface area contributed by atoms with E-state index in [2.05, 4.69) is 19.2 Å². The summed E-state index contributed by atoms with van der Waals surface area (Å²) in [6.07, 6.45) is 4.36. The fourth-order valence-corrected chi connectivity index (χ4v) is 3.40. The van der Waals surface area contributed by atoms with Crippen LogP contribution in [0.3, 0.4) is 0 Å². The van der Waals surface area contributed by atoms with Crippen molar-refractivity contribution < 1.29 is 4.39 Å². The third-order valence-electron chi connectivity index (χ3n) is 3.60. The molecule has 1 atom stereocenters. The minimum Gasteiger partial charge on any atom is -0.311 e. The Bertz CT molecular complexity index is 391. The third-order valence-corrected chi connectivity index (χ3v) is 3.81. The van der Waals surface area contributed by atoms with Gasteiger partial charge in [0.1, 0.15) is 5.82 Å². The normalized spacial score (nSPS) is 23.8. The fraction of sp³-hybridized carbons (Fsp3) is 0.600. The number of halogens is 2. The number of nitrogens with one attached hydrogen (secondary N) is 1. The van der Waals surface area contributed by atoms with Gasteiger partial charge < -0.3 is 5.32 Å². The van der Waals surface area contributed by atoms with Crippen LogP contribution in [-0.2, 0) is 6.42 Å². The molecule has 0 radical (unpaired) electrons. The van der Waals surface area contributed by atoms with E-state index < -0.39 is 0 Å². The van der Waals surface area contributed by atoms with Crippen LogP contribution in [0.15, 0.2) is 18.2 Å². The monoisotopic (exact) mass is 269 g/mol. The highest BCUT2D eigenvalue weighted by Crippen LogP contribution is 2.31. The average Bonchev–Trinajstić information content (AvgIpc) is 2.63. The van der Waals surface area contributed by atoms with Crippen molar-refractivity contribution in [2.75, 3.05) is 6.54 Å². The van der Waals surface area contributed by atoms with Crippen LogP contribution in [-0.4, -0.2) is 12.1 Å². The number of rotatable bonds is 4. The summed E-state index contributed by atoms with van der Waals surface area (Å²) >= 11 is 5.93. The molecule has 0 bridgehead atoms. The minimum atomic E-state index is -0.241. The van der Waals surface area contributed by atoms with Crippen molar-refractivity contribution in [2.45, 2.75) is 45.1 Å². The van der Waals surface area contributed by atoms with E-state index in [1.807, 2.05) is 6.07 Å². The van der Waals surface area contributed by atoms with Crippen molar-refractivity contribution in [3.63, 3.8) is 0 Å². The first-order chi connectivity index (χ1) is 8.49. The largest absolute Gasteiger partial charge is 0.311 e. The van der Waals surface area contributed by atoms with Gasteiger partial charge in [-0.1, -0.05) is 25.4 Å². The van der Waals surface area contributed by atoms with Gasteiger partial charge in [-0.25, -0.2) is 4.39 Å². The molecule has 1 fully saturated rings. The first kappa shape index (κ1) is 13.8. The van der Waals surface area contributed by atoms with Gasteiger partial charge in [0.2, 0.25) is 0 Å². The zero-order chi connectivity index (χ0) is 13.2. The molecule has 0 saturated carbocycles. The number of benzene rings is 1. The van der Waals surface area contributed by atoms with E-state index in [-0.39, 0.29) is 11.4 Å². The molecule has 0 aromatic heterocycles. The topological polar surface area (TPSA) is 12.0 Å². The third kappa shape index (κ3) is 3.46. The smallest absolute Gasteiger partial charge is 0.124 e. The van der Waals surface area contributed by atoms with E-state index in [1.165, 1.54) is 18.9 Å². The summed E-state index contributed by atoms with van der Waals surface area (Å²) in [4.78, 5) is 0. The molecule has 1 unspecified atom stereocenters. The molecule has 1 nitrogen and oxygen atoms in total. The van der Waals surface area contributed by atoms with Crippen molar-refractivity contribution in [3.8, 4) is 0 Å². The van der Waals surface area contributed by atoms with Gasteiger partial charge in [0.15, 0.2) is 0 Å². The lowest BCUT2D eigenvalue weighted by Gasteiger charge is -2.32. The highest BCUT2D eigenvalue weighted by Gasteiger charge is 2.34. The van der Waals surface area contributed by atoms with Crippen LogP contribution < -0.4 is 5.32 Å². The molecule has 1 aromatic carbocycles. The molecule has 1 aliphatic rings.